The van der Waals surface area contributed by atoms with Crippen LogP contribution in [0.15, 0.2) is 17.1 Å². The Morgan fingerprint density at radius 2 is 2.12 bits per heavy atom. The van der Waals surface area contributed by atoms with Crippen molar-refractivity contribution in [2.45, 2.75) is 32.7 Å². The molecule has 24 heavy (non-hydrogen) atoms. The minimum absolute atomic E-state index is 0.376. The van der Waals surface area contributed by atoms with Crippen LogP contribution in [0, 0.1) is 6.92 Å². The van der Waals surface area contributed by atoms with Crippen LogP contribution in [0.2, 0.25) is 0 Å². The molecule has 2 heterocycles. The first-order chi connectivity index (χ1) is 11.6. The number of aliphatic imine (C=N–C) groups is 1. The fourth-order valence-electron chi connectivity index (χ4n) is 3.03. The Kier molecular flexibility index (Phi) is 8.02. The topological polar surface area (TPSA) is 42.9 Å². The number of hydrogen-bond acceptors (Lipinski definition) is 4. The normalized spacial score (nSPS) is 19.1. The molecule has 1 aliphatic rings. The highest BCUT2D eigenvalue weighted by Gasteiger charge is 2.12. The van der Waals surface area contributed by atoms with Gasteiger partial charge >= 0.3 is 0 Å². The third-order valence-corrected chi connectivity index (χ3v) is 5.47. The van der Waals surface area contributed by atoms with Crippen molar-refractivity contribution in [3.63, 3.8) is 0 Å². The van der Waals surface area contributed by atoms with Crippen LogP contribution in [-0.2, 0) is 6.42 Å². The average Bonchev–Trinajstić information content (AvgIpc) is 2.83. The smallest absolute Gasteiger partial charge is 0.191 e. The van der Waals surface area contributed by atoms with Gasteiger partial charge in [-0.1, -0.05) is 0 Å². The Morgan fingerprint density at radius 3 is 2.83 bits per heavy atom. The summed E-state index contributed by atoms with van der Waals surface area (Å²) in [4.78, 5) is 12.1. The summed E-state index contributed by atoms with van der Waals surface area (Å²) in [5, 5.41) is 6.96. The van der Waals surface area contributed by atoms with Crippen LogP contribution in [0.25, 0.3) is 0 Å². The number of aryl methyl sites for hydroxylation is 1. The highest BCUT2D eigenvalue weighted by Crippen LogP contribution is 2.16. The van der Waals surface area contributed by atoms with E-state index in [1.54, 1.807) is 0 Å². The van der Waals surface area contributed by atoms with Gasteiger partial charge in [-0.05, 0) is 52.5 Å². The molecule has 0 spiro atoms. The molecule has 1 aliphatic heterocycles. The van der Waals surface area contributed by atoms with Gasteiger partial charge in [0.1, 0.15) is 0 Å². The van der Waals surface area contributed by atoms with Gasteiger partial charge in [0.25, 0.3) is 0 Å². The Balaban J connectivity index is 1.68. The van der Waals surface area contributed by atoms with Gasteiger partial charge in [0, 0.05) is 55.4 Å². The second-order valence-electron chi connectivity index (χ2n) is 6.76. The molecule has 136 valence electrons. The number of rotatable bonds is 6. The van der Waals surface area contributed by atoms with Crippen LogP contribution in [0.5, 0.6) is 0 Å². The van der Waals surface area contributed by atoms with E-state index < -0.39 is 0 Å². The maximum atomic E-state index is 4.36. The third-order valence-electron chi connectivity index (χ3n) is 4.44. The molecule has 1 atom stereocenters. The summed E-state index contributed by atoms with van der Waals surface area (Å²) in [6, 6.07) is 4.80. The third kappa shape index (κ3) is 6.79. The van der Waals surface area contributed by atoms with Crippen LogP contribution >= 0.6 is 11.3 Å². The number of hydrogen-bond donors (Lipinski definition) is 2. The summed E-state index contributed by atoms with van der Waals surface area (Å²) >= 11 is 1.88. The molecule has 2 rings (SSSR count). The Bertz CT molecular complexity index is 513. The zero-order valence-electron chi connectivity index (χ0n) is 15.6. The predicted octanol–water partition coefficient (Wildman–Crippen LogP) is 1.79. The SMILES string of the molecule is CN=C(NCCN1CCCN(C)CC1)NC(C)Cc1ccc(C)s1. The second-order valence-corrected chi connectivity index (χ2v) is 8.13. The summed E-state index contributed by atoms with van der Waals surface area (Å²) in [5.41, 5.74) is 0. The maximum Gasteiger partial charge on any atom is 0.191 e. The summed E-state index contributed by atoms with van der Waals surface area (Å²) in [6.07, 6.45) is 2.30. The van der Waals surface area contributed by atoms with Crippen molar-refractivity contribution in [3.05, 3.63) is 21.9 Å². The van der Waals surface area contributed by atoms with Gasteiger partial charge in [0.2, 0.25) is 0 Å². The minimum Gasteiger partial charge on any atom is -0.355 e. The van der Waals surface area contributed by atoms with Gasteiger partial charge in [0.15, 0.2) is 5.96 Å². The summed E-state index contributed by atoms with van der Waals surface area (Å²) in [5.74, 6) is 0.905. The first-order valence-corrected chi connectivity index (χ1v) is 9.82. The molecule has 6 heteroatoms. The van der Waals surface area contributed by atoms with E-state index in [4.69, 9.17) is 0 Å². The van der Waals surface area contributed by atoms with Gasteiger partial charge in [-0.3, -0.25) is 4.99 Å². The van der Waals surface area contributed by atoms with Crippen LogP contribution < -0.4 is 10.6 Å². The number of nitrogens with zero attached hydrogens (tertiary/aromatic N) is 3. The quantitative estimate of drug-likeness (QED) is 0.606. The van der Waals surface area contributed by atoms with Gasteiger partial charge < -0.3 is 20.4 Å². The zero-order valence-corrected chi connectivity index (χ0v) is 16.5. The standard InChI is InChI=1S/C18H33N5S/c1-15(14-17-7-6-16(2)24-17)21-18(19-3)20-8-11-23-10-5-9-22(4)12-13-23/h6-7,15H,5,8-14H2,1-4H3,(H2,19,20,21). The average molecular weight is 352 g/mol. The molecule has 0 aromatic carbocycles. The van der Waals surface area contributed by atoms with Crippen molar-refractivity contribution in [1.29, 1.82) is 0 Å². The molecule has 0 aliphatic carbocycles. The first kappa shape index (κ1) is 19.2. The van der Waals surface area contributed by atoms with Crippen molar-refractivity contribution in [2.24, 2.45) is 4.99 Å². The lowest BCUT2D eigenvalue weighted by atomic mass is 10.2. The van der Waals surface area contributed by atoms with Crippen molar-refractivity contribution >= 4 is 17.3 Å². The van der Waals surface area contributed by atoms with E-state index in [-0.39, 0.29) is 0 Å². The largest absolute Gasteiger partial charge is 0.355 e. The van der Waals surface area contributed by atoms with Gasteiger partial charge in [-0.15, -0.1) is 11.3 Å². The van der Waals surface area contributed by atoms with Crippen molar-refractivity contribution in [2.75, 3.05) is 53.4 Å². The molecular weight excluding hydrogens is 318 g/mol. The molecule has 0 saturated carbocycles. The van der Waals surface area contributed by atoms with E-state index in [9.17, 15) is 0 Å². The monoisotopic (exact) mass is 351 g/mol. The van der Waals surface area contributed by atoms with Gasteiger partial charge in [0.05, 0.1) is 0 Å². The molecule has 0 radical (unpaired) electrons. The number of nitrogens with one attached hydrogen (secondary N) is 2. The molecule has 5 nitrogen and oxygen atoms in total. The van der Waals surface area contributed by atoms with E-state index in [0.717, 1.165) is 25.5 Å². The maximum absolute atomic E-state index is 4.36. The fourth-order valence-corrected chi connectivity index (χ4v) is 4.05. The van der Waals surface area contributed by atoms with Gasteiger partial charge in [-0.25, -0.2) is 0 Å². The summed E-state index contributed by atoms with van der Waals surface area (Å²) in [6.45, 7) is 11.1. The fraction of sp³-hybridized carbons (Fsp3) is 0.722. The van der Waals surface area contributed by atoms with E-state index >= 15 is 0 Å². The second kappa shape index (κ2) is 10.0. The first-order valence-electron chi connectivity index (χ1n) is 9.00. The van der Waals surface area contributed by atoms with Crippen molar-refractivity contribution in [3.8, 4) is 0 Å². The molecule has 1 aromatic rings. The Morgan fingerprint density at radius 1 is 1.29 bits per heavy atom. The number of likely N-dealkylation sites (N-methyl/N-ethyl adjacent to an activating group) is 1. The summed E-state index contributed by atoms with van der Waals surface area (Å²) < 4.78 is 0. The lowest BCUT2D eigenvalue weighted by Gasteiger charge is -2.22. The molecule has 0 bridgehead atoms. The molecule has 0 amide bonds. The van der Waals surface area contributed by atoms with Gasteiger partial charge in [-0.2, -0.15) is 0 Å². The molecule has 2 N–H and O–H groups in total. The predicted molar refractivity (Wildman–Crippen MR) is 105 cm³/mol. The minimum atomic E-state index is 0.376. The molecular formula is C18H33N5S. The number of guanidine groups is 1. The van der Waals surface area contributed by atoms with E-state index in [2.05, 4.69) is 58.5 Å². The Hall–Kier alpha value is -1.11. The van der Waals surface area contributed by atoms with E-state index in [1.165, 1.54) is 42.4 Å². The lowest BCUT2D eigenvalue weighted by molar-refractivity contribution is 0.280. The van der Waals surface area contributed by atoms with Crippen LogP contribution in [0.4, 0.5) is 0 Å². The van der Waals surface area contributed by atoms with E-state index in [1.807, 2.05) is 18.4 Å². The highest BCUT2D eigenvalue weighted by atomic mass is 32.1. The van der Waals surface area contributed by atoms with E-state index in [0.29, 0.717) is 6.04 Å². The highest BCUT2D eigenvalue weighted by molar-refractivity contribution is 7.11. The zero-order chi connectivity index (χ0) is 17.4. The van der Waals surface area contributed by atoms with Crippen LogP contribution in [0.3, 0.4) is 0 Å². The van der Waals surface area contributed by atoms with Crippen LogP contribution in [0.1, 0.15) is 23.1 Å². The van der Waals surface area contributed by atoms with Crippen molar-refractivity contribution in [1.82, 2.24) is 20.4 Å². The van der Waals surface area contributed by atoms with Crippen molar-refractivity contribution < 1.29 is 0 Å². The Labute approximate surface area is 151 Å². The molecule has 1 saturated heterocycles. The number of thiophene rings is 1. The summed E-state index contributed by atoms with van der Waals surface area (Å²) in [7, 11) is 4.06. The molecule has 1 fully saturated rings. The van der Waals surface area contributed by atoms with Crippen LogP contribution in [-0.4, -0.2) is 75.2 Å². The lowest BCUT2D eigenvalue weighted by Crippen LogP contribution is -2.45. The molecule has 1 aromatic heterocycles. The molecule has 1 unspecified atom stereocenters.